The molecule has 0 aliphatic carbocycles. The molecule has 8 nitrogen and oxygen atoms in total. The summed E-state index contributed by atoms with van der Waals surface area (Å²) < 4.78 is 39.0. The Balaban J connectivity index is 1.55. The summed E-state index contributed by atoms with van der Waals surface area (Å²) in [6.07, 6.45) is -3.43. The van der Waals surface area contributed by atoms with Crippen molar-refractivity contribution in [2.75, 3.05) is 42.9 Å². The maximum Gasteiger partial charge on any atom is 0.416 e. The van der Waals surface area contributed by atoms with Gasteiger partial charge in [-0.05, 0) is 29.8 Å². The van der Waals surface area contributed by atoms with Gasteiger partial charge >= 0.3 is 6.18 Å². The number of halogens is 4. The van der Waals surface area contributed by atoms with Crippen LogP contribution in [0, 0.1) is 5.41 Å². The fraction of sp³-hybridized carbons (Fsp3) is 0.368. The third kappa shape index (κ3) is 4.57. The zero-order valence-corrected chi connectivity index (χ0v) is 17.0. The molecule has 2 aromatic rings. The number of carbonyl (C=O) groups is 1. The van der Waals surface area contributed by atoms with Gasteiger partial charge in [-0.3, -0.25) is 9.69 Å². The van der Waals surface area contributed by atoms with E-state index in [2.05, 4.69) is 25.5 Å². The summed E-state index contributed by atoms with van der Waals surface area (Å²) in [6, 6.07) is 4.86. The average Bonchev–Trinajstić information content (AvgIpc) is 2.66. The van der Waals surface area contributed by atoms with Crippen LogP contribution >= 0.6 is 11.6 Å². The molecule has 2 aliphatic heterocycles. The molecule has 31 heavy (non-hydrogen) atoms. The molecule has 0 spiro atoms. The number of rotatable bonds is 5. The molecule has 0 saturated carbocycles. The Labute approximate surface area is 180 Å². The first kappa shape index (κ1) is 21.3. The first-order valence-electron chi connectivity index (χ1n) is 9.52. The number of alkyl halides is 3. The highest BCUT2D eigenvalue weighted by Crippen LogP contribution is 2.34. The van der Waals surface area contributed by atoms with Crippen LogP contribution in [-0.4, -0.2) is 65.8 Å². The van der Waals surface area contributed by atoms with Crippen molar-refractivity contribution in [3.05, 3.63) is 40.7 Å². The Kier molecular flexibility index (Phi) is 5.71. The Hall–Kier alpha value is -2.92. The van der Waals surface area contributed by atoms with E-state index in [-0.39, 0.29) is 28.7 Å². The fourth-order valence-corrected chi connectivity index (χ4v) is 3.80. The molecule has 3 heterocycles. The number of benzene rings is 1. The molecular weight excluding hydrogens is 435 g/mol. The molecule has 2 saturated heterocycles. The molecular formula is C19H19ClF3N7O. The van der Waals surface area contributed by atoms with Gasteiger partial charge < -0.3 is 20.9 Å². The smallest absolute Gasteiger partial charge is 0.354 e. The largest absolute Gasteiger partial charge is 0.416 e. The van der Waals surface area contributed by atoms with Crippen LogP contribution in [0.15, 0.2) is 24.3 Å². The Morgan fingerprint density at radius 2 is 2.06 bits per heavy atom. The predicted molar refractivity (Wildman–Crippen MR) is 110 cm³/mol. The molecule has 164 valence electrons. The molecule has 12 heteroatoms. The van der Waals surface area contributed by atoms with E-state index < -0.39 is 11.7 Å². The molecule has 1 aromatic carbocycles. The van der Waals surface area contributed by atoms with Gasteiger partial charge in [0.1, 0.15) is 11.6 Å². The number of hydrogen-bond acceptors (Lipinski definition) is 7. The number of amides is 1. The van der Waals surface area contributed by atoms with E-state index in [0.717, 1.165) is 24.9 Å². The van der Waals surface area contributed by atoms with Crippen LogP contribution in [0.1, 0.15) is 11.1 Å². The van der Waals surface area contributed by atoms with Crippen LogP contribution in [-0.2, 0) is 11.0 Å². The Bertz CT molecular complexity index is 1010. The highest BCUT2D eigenvalue weighted by molar-refractivity contribution is 6.28. The van der Waals surface area contributed by atoms with Crippen molar-refractivity contribution in [2.45, 2.75) is 12.2 Å². The van der Waals surface area contributed by atoms with Crippen molar-refractivity contribution in [1.29, 1.82) is 5.41 Å². The van der Waals surface area contributed by atoms with Gasteiger partial charge in [-0.1, -0.05) is 6.07 Å². The number of piperazine rings is 1. The van der Waals surface area contributed by atoms with E-state index in [9.17, 15) is 18.0 Å². The predicted octanol–water partition coefficient (Wildman–Crippen LogP) is 2.51. The number of nitrogens with one attached hydrogen (secondary N) is 3. The summed E-state index contributed by atoms with van der Waals surface area (Å²) in [5.74, 6) is 0.551. The SMILES string of the molecule is N=Cc1c(Nc2cccc(C(F)(F)F)c2)nc(Cl)nc1N1CC(N2CCNC(=O)C2)C1. The van der Waals surface area contributed by atoms with Crippen LogP contribution < -0.4 is 15.5 Å². The molecule has 0 atom stereocenters. The minimum atomic E-state index is -4.48. The van der Waals surface area contributed by atoms with Crippen molar-refractivity contribution in [3.63, 3.8) is 0 Å². The normalized spacial score (nSPS) is 17.8. The topological polar surface area (TPSA) is 97.2 Å². The van der Waals surface area contributed by atoms with E-state index in [1.54, 1.807) is 0 Å². The number of hydrogen-bond donors (Lipinski definition) is 3. The van der Waals surface area contributed by atoms with Crippen molar-refractivity contribution >= 4 is 41.0 Å². The lowest BCUT2D eigenvalue weighted by atomic mass is 10.0. The zero-order chi connectivity index (χ0) is 22.2. The summed E-state index contributed by atoms with van der Waals surface area (Å²) in [5.41, 5.74) is -0.318. The van der Waals surface area contributed by atoms with Gasteiger partial charge in [0, 0.05) is 44.1 Å². The number of aromatic nitrogens is 2. The molecule has 0 radical (unpaired) electrons. The standard InChI is InChI=1S/C19H19ClF3N7O/c20-18-27-16(26-12-3-1-2-11(6-12)19(21,22)23)14(7-24)17(28-18)30-8-13(9-30)29-5-4-25-15(31)10-29/h1-3,6-7,13,24H,4-5,8-10H2,(H,25,31)(H,26,27,28). The molecule has 2 fully saturated rings. The van der Waals surface area contributed by atoms with Crippen LogP contribution in [0.2, 0.25) is 5.28 Å². The number of nitrogens with zero attached hydrogens (tertiary/aromatic N) is 4. The summed E-state index contributed by atoms with van der Waals surface area (Å²) in [6.45, 7) is 2.87. The molecule has 3 N–H and O–H groups in total. The first-order chi connectivity index (χ1) is 14.7. The van der Waals surface area contributed by atoms with Crippen molar-refractivity contribution in [1.82, 2.24) is 20.2 Å². The Morgan fingerprint density at radius 1 is 1.29 bits per heavy atom. The Morgan fingerprint density at radius 3 is 2.74 bits per heavy atom. The summed E-state index contributed by atoms with van der Waals surface area (Å²) in [7, 11) is 0. The maximum atomic E-state index is 13.0. The molecule has 0 bridgehead atoms. The van der Waals surface area contributed by atoms with Crippen LogP contribution in [0.5, 0.6) is 0 Å². The average molecular weight is 454 g/mol. The van der Waals surface area contributed by atoms with Gasteiger partial charge in [-0.25, -0.2) is 0 Å². The van der Waals surface area contributed by atoms with Gasteiger partial charge in [-0.15, -0.1) is 0 Å². The number of anilines is 3. The van der Waals surface area contributed by atoms with Crippen molar-refractivity contribution in [3.8, 4) is 0 Å². The third-order valence-corrected chi connectivity index (χ3v) is 5.41. The fourth-order valence-electron chi connectivity index (χ4n) is 3.64. The molecule has 2 aliphatic rings. The second kappa shape index (κ2) is 8.31. The minimum Gasteiger partial charge on any atom is -0.354 e. The number of carbonyl (C=O) groups excluding carboxylic acids is 1. The molecule has 1 amide bonds. The van der Waals surface area contributed by atoms with Crippen LogP contribution in [0.4, 0.5) is 30.5 Å². The van der Waals surface area contributed by atoms with E-state index in [4.69, 9.17) is 17.0 Å². The second-order valence-electron chi connectivity index (χ2n) is 7.31. The minimum absolute atomic E-state index is 0.0115. The van der Waals surface area contributed by atoms with Gasteiger partial charge in [-0.2, -0.15) is 23.1 Å². The van der Waals surface area contributed by atoms with Gasteiger partial charge in [0.25, 0.3) is 0 Å². The summed E-state index contributed by atoms with van der Waals surface area (Å²) >= 11 is 6.07. The zero-order valence-electron chi connectivity index (χ0n) is 16.2. The maximum absolute atomic E-state index is 13.0. The summed E-state index contributed by atoms with van der Waals surface area (Å²) in [4.78, 5) is 23.9. The molecule has 1 aromatic heterocycles. The first-order valence-corrected chi connectivity index (χ1v) is 9.90. The van der Waals surface area contributed by atoms with E-state index in [1.165, 1.54) is 12.1 Å². The lowest BCUT2D eigenvalue weighted by Crippen LogP contribution is -2.64. The van der Waals surface area contributed by atoms with E-state index in [0.29, 0.717) is 37.6 Å². The molecule has 0 unspecified atom stereocenters. The lowest BCUT2D eigenvalue weighted by Gasteiger charge is -2.47. The summed E-state index contributed by atoms with van der Waals surface area (Å²) in [5, 5.41) is 13.3. The van der Waals surface area contributed by atoms with Crippen molar-refractivity contribution in [2.24, 2.45) is 0 Å². The monoisotopic (exact) mass is 453 g/mol. The van der Waals surface area contributed by atoms with Gasteiger partial charge in [0.05, 0.1) is 17.7 Å². The highest BCUT2D eigenvalue weighted by Gasteiger charge is 2.36. The second-order valence-corrected chi connectivity index (χ2v) is 7.64. The molecule has 4 rings (SSSR count). The van der Waals surface area contributed by atoms with Gasteiger partial charge in [0.2, 0.25) is 11.2 Å². The van der Waals surface area contributed by atoms with Gasteiger partial charge in [0.15, 0.2) is 0 Å². The van der Waals surface area contributed by atoms with Crippen LogP contribution in [0.3, 0.4) is 0 Å². The quantitative estimate of drug-likeness (QED) is 0.475. The van der Waals surface area contributed by atoms with E-state index >= 15 is 0 Å². The van der Waals surface area contributed by atoms with Crippen LogP contribution in [0.25, 0.3) is 0 Å². The lowest BCUT2D eigenvalue weighted by molar-refractivity contribution is -0.137. The van der Waals surface area contributed by atoms with Crippen molar-refractivity contribution < 1.29 is 18.0 Å². The highest BCUT2D eigenvalue weighted by atomic mass is 35.5. The van der Waals surface area contributed by atoms with E-state index in [1.807, 2.05) is 4.90 Å². The third-order valence-electron chi connectivity index (χ3n) is 5.24.